The molecule has 2 unspecified atom stereocenters. The van der Waals surface area contributed by atoms with Crippen LogP contribution in [0.5, 0.6) is 0 Å². The summed E-state index contributed by atoms with van der Waals surface area (Å²) in [6.07, 6.45) is 2.68. The van der Waals surface area contributed by atoms with E-state index in [9.17, 15) is 0 Å². The molecule has 3 nitrogen and oxygen atoms in total. The Balaban J connectivity index is 1.90. The van der Waals surface area contributed by atoms with Crippen LogP contribution in [-0.2, 0) is 0 Å². The highest BCUT2D eigenvalue weighted by molar-refractivity contribution is 4.85. The topological polar surface area (TPSA) is 18.5 Å². The van der Waals surface area contributed by atoms with E-state index in [1.165, 1.54) is 52.1 Å². The third kappa shape index (κ3) is 2.92. The summed E-state index contributed by atoms with van der Waals surface area (Å²) in [4.78, 5) is 5.17. The van der Waals surface area contributed by atoms with Crippen LogP contribution < -0.4 is 5.32 Å². The molecule has 0 aliphatic carbocycles. The van der Waals surface area contributed by atoms with Gasteiger partial charge < -0.3 is 10.2 Å². The van der Waals surface area contributed by atoms with Gasteiger partial charge in [0.05, 0.1) is 0 Å². The van der Waals surface area contributed by atoms with E-state index in [2.05, 4.69) is 29.1 Å². The zero-order chi connectivity index (χ0) is 10.7. The lowest BCUT2D eigenvalue weighted by Gasteiger charge is -2.38. The first kappa shape index (κ1) is 11.4. The minimum atomic E-state index is 0.783. The molecule has 0 radical (unpaired) electrons. The van der Waals surface area contributed by atoms with Gasteiger partial charge in [0.25, 0.3) is 0 Å². The Hall–Kier alpha value is -0.120. The molecular formula is C12H25N3. The standard InChI is InChI=1S/C12H25N3/c1-11-4-5-13-10-12(11)15-7-3-6-14(2)8-9-15/h11-13H,3-10H2,1-2H3. The number of hydrogen-bond donors (Lipinski definition) is 1. The number of likely N-dealkylation sites (N-methyl/N-ethyl adjacent to an activating group) is 1. The number of piperidine rings is 1. The second-order valence-corrected chi connectivity index (χ2v) is 5.23. The van der Waals surface area contributed by atoms with Crippen molar-refractivity contribution in [2.75, 3.05) is 46.3 Å². The summed E-state index contributed by atoms with van der Waals surface area (Å²) < 4.78 is 0. The molecule has 0 aromatic heterocycles. The van der Waals surface area contributed by atoms with Gasteiger partial charge in [-0.15, -0.1) is 0 Å². The van der Waals surface area contributed by atoms with Crippen LogP contribution in [0.2, 0.25) is 0 Å². The highest BCUT2D eigenvalue weighted by atomic mass is 15.2. The van der Waals surface area contributed by atoms with Crippen molar-refractivity contribution < 1.29 is 0 Å². The molecule has 0 bridgehead atoms. The molecule has 2 saturated heterocycles. The van der Waals surface area contributed by atoms with Gasteiger partial charge in [0.2, 0.25) is 0 Å². The Kier molecular flexibility index (Phi) is 4.00. The van der Waals surface area contributed by atoms with Gasteiger partial charge >= 0.3 is 0 Å². The molecule has 2 aliphatic heterocycles. The molecule has 15 heavy (non-hydrogen) atoms. The van der Waals surface area contributed by atoms with Crippen LogP contribution in [0.1, 0.15) is 19.8 Å². The molecule has 2 atom stereocenters. The van der Waals surface area contributed by atoms with Crippen molar-refractivity contribution >= 4 is 0 Å². The first-order chi connectivity index (χ1) is 7.27. The van der Waals surface area contributed by atoms with E-state index in [-0.39, 0.29) is 0 Å². The van der Waals surface area contributed by atoms with E-state index in [0.717, 1.165) is 12.0 Å². The third-order valence-corrected chi connectivity index (χ3v) is 4.01. The van der Waals surface area contributed by atoms with Crippen molar-refractivity contribution in [2.24, 2.45) is 5.92 Å². The van der Waals surface area contributed by atoms with E-state index >= 15 is 0 Å². The average molecular weight is 211 g/mol. The van der Waals surface area contributed by atoms with Gasteiger partial charge in [-0.2, -0.15) is 0 Å². The summed E-state index contributed by atoms with van der Waals surface area (Å²) >= 11 is 0. The predicted octanol–water partition coefficient (Wildman–Crippen LogP) is 0.622. The second kappa shape index (κ2) is 5.28. The van der Waals surface area contributed by atoms with Crippen LogP contribution >= 0.6 is 0 Å². The summed E-state index contributed by atoms with van der Waals surface area (Å²) in [5, 5.41) is 3.54. The minimum absolute atomic E-state index is 0.783. The summed E-state index contributed by atoms with van der Waals surface area (Å²) in [7, 11) is 2.24. The molecule has 2 rings (SSSR count). The minimum Gasteiger partial charge on any atom is -0.315 e. The SMILES string of the molecule is CC1CCNCC1N1CCCN(C)CC1. The monoisotopic (exact) mass is 211 g/mol. The second-order valence-electron chi connectivity index (χ2n) is 5.23. The number of hydrogen-bond acceptors (Lipinski definition) is 3. The zero-order valence-electron chi connectivity index (χ0n) is 10.2. The van der Waals surface area contributed by atoms with Crippen LogP contribution in [0.25, 0.3) is 0 Å². The molecule has 2 aliphatic rings. The van der Waals surface area contributed by atoms with Crippen molar-refractivity contribution in [3.63, 3.8) is 0 Å². The fourth-order valence-electron chi connectivity index (χ4n) is 2.86. The molecule has 0 amide bonds. The maximum Gasteiger partial charge on any atom is 0.0247 e. The fraction of sp³-hybridized carbons (Fsp3) is 1.00. The highest BCUT2D eigenvalue weighted by Gasteiger charge is 2.27. The van der Waals surface area contributed by atoms with Crippen molar-refractivity contribution in [1.82, 2.24) is 15.1 Å². The van der Waals surface area contributed by atoms with Crippen LogP contribution in [0, 0.1) is 5.92 Å². The van der Waals surface area contributed by atoms with Gasteiger partial charge in [0.15, 0.2) is 0 Å². The maximum absolute atomic E-state index is 3.54. The number of nitrogens with zero attached hydrogens (tertiary/aromatic N) is 2. The van der Waals surface area contributed by atoms with Crippen molar-refractivity contribution in [2.45, 2.75) is 25.8 Å². The molecule has 0 aromatic rings. The van der Waals surface area contributed by atoms with Crippen molar-refractivity contribution in [3.05, 3.63) is 0 Å². The molecule has 0 spiro atoms. The highest BCUT2D eigenvalue weighted by Crippen LogP contribution is 2.18. The Morgan fingerprint density at radius 2 is 2.00 bits per heavy atom. The van der Waals surface area contributed by atoms with E-state index in [4.69, 9.17) is 0 Å². The van der Waals surface area contributed by atoms with Crippen LogP contribution in [0.4, 0.5) is 0 Å². The first-order valence-electron chi connectivity index (χ1n) is 6.40. The van der Waals surface area contributed by atoms with Gasteiger partial charge in [0, 0.05) is 25.7 Å². The molecule has 2 fully saturated rings. The summed E-state index contributed by atoms with van der Waals surface area (Å²) in [5.41, 5.74) is 0. The molecular weight excluding hydrogens is 186 g/mol. The largest absolute Gasteiger partial charge is 0.315 e. The molecule has 3 heteroatoms. The first-order valence-corrected chi connectivity index (χ1v) is 6.40. The normalized spacial score (nSPS) is 36.4. The number of rotatable bonds is 1. The van der Waals surface area contributed by atoms with Crippen LogP contribution in [0.3, 0.4) is 0 Å². The zero-order valence-corrected chi connectivity index (χ0v) is 10.2. The van der Waals surface area contributed by atoms with Gasteiger partial charge in [0.1, 0.15) is 0 Å². The van der Waals surface area contributed by atoms with Gasteiger partial charge in [-0.3, -0.25) is 4.90 Å². The molecule has 0 saturated carbocycles. The number of nitrogens with one attached hydrogen (secondary N) is 1. The Labute approximate surface area is 93.8 Å². The quantitative estimate of drug-likeness (QED) is 0.686. The summed E-state index contributed by atoms with van der Waals surface area (Å²) in [5.74, 6) is 0.870. The maximum atomic E-state index is 3.54. The lowest BCUT2D eigenvalue weighted by molar-refractivity contribution is 0.127. The van der Waals surface area contributed by atoms with E-state index < -0.39 is 0 Å². The molecule has 0 aromatic carbocycles. The Morgan fingerprint density at radius 3 is 2.80 bits per heavy atom. The van der Waals surface area contributed by atoms with Gasteiger partial charge in [-0.05, 0) is 45.4 Å². The van der Waals surface area contributed by atoms with E-state index in [1.54, 1.807) is 0 Å². The summed E-state index contributed by atoms with van der Waals surface area (Å²) in [6, 6.07) is 0.783. The molecule has 88 valence electrons. The van der Waals surface area contributed by atoms with E-state index in [0.29, 0.717) is 0 Å². The van der Waals surface area contributed by atoms with E-state index in [1.807, 2.05) is 0 Å². The predicted molar refractivity (Wildman–Crippen MR) is 64.1 cm³/mol. The smallest absolute Gasteiger partial charge is 0.0247 e. The lowest BCUT2D eigenvalue weighted by atomic mass is 9.93. The fourth-order valence-corrected chi connectivity index (χ4v) is 2.86. The summed E-state index contributed by atoms with van der Waals surface area (Å²) in [6.45, 7) is 9.89. The van der Waals surface area contributed by atoms with Crippen LogP contribution in [-0.4, -0.2) is 62.2 Å². The van der Waals surface area contributed by atoms with Gasteiger partial charge in [-0.1, -0.05) is 6.92 Å². The Morgan fingerprint density at radius 1 is 1.13 bits per heavy atom. The molecule has 2 heterocycles. The van der Waals surface area contributed by atoms with Gasteiger partial charge in [-0.25, -0.2) is 0 Å². The average Bonchev–Trinajstić information content (AvgIpc) is 2.44. The van der Waals surface area contributed by atoms with Crippen molar-refractivity contribution in [1.29, 1.82) is 0 Å². The van der Waals surface area contributed by atoms with Crippen molar-refractivity contribution in [3.8, 4) is 0 Å². The van der Waals surface area contributed by atoms with Crippen LogP contribution in [0.15, 0.2) is 0 Å². The Bertz CT molecular complexity index is 195. The lowest BCUT2D eigenvalue weighted by Crippen LogP contribution is -2.51. The third-order valence-electron chi connectivity index (χ3n) is 4.01. The molecule has 1 N–H and O–H groups in total.